The van der Waals surface area contributed by atoms with Crippen molar-refractivity contribution in [2.45, 2.75) is 19.5 Å². The molecule has 6 nitrogen and oxygen atoms in total. The van der Waals surface area contributed by atoms with Crippen LogP contribution in [0.15, 0.2) is 49.7 Å². The van der Waals surface area contributed by atoms with Gasteiger partial charge in [-0.15, -0.1) is 0 Å². The van der Waals surface area contributed by atoms with Crippen LogP contribution in [0, 0.1) is 0 Å². The lowest BCUT2D eigenvalue weighted by atomic mass is 10.1. The van der Waals surface area contributed by atoms with Crippen molar-refractivity contribution in [1.82, 2.24) is 24.1 Å². The summed E-state index contributed by atoms with van der Waals surface area (Å²) >= 11 is 0. The topological polar surface area (TPSA) is 74.5 Å². The number of hydrogen-bond donors (Lipinski definition) is 1. The smallest absolute Gasteiger partial charge is 0.0954 e. The Bertz CT molecular complexity index is 685. The predicted molar refractivity (Wildman–Crippen MR) is 76.8 cm³/mol. The molecule has 0 saturated carbocycles. The van der Waals surface area contributed by atoms with Crippen LogP contribution in [0.4, 0.5) is 5.69 Å². The zero-order valence-electron chi connectivity index (χ0n) is 11.2. The predicted octanol–water partition coefficient (Wildman–Crippen LogP) is 1.98. The molecule has 0 aromatic carbocycles. The molecule has 1 unspecified atom stereocenters. The lowest BCUT2D eigenvalue weighted by Crippen LogP contribution is -2.12. The van der Waals surface area contributed by atoms with Gasteiger partial charge in [0.05, 0.1) is 30.6 Å². The summed E-state index contributed by atoms with van der Waals surface area (Å²) in [6.07, 6.45) is 12.6. The molecule has 2 N–H and O–H groups in total. The summed E-state index contributed by atoms with van der Waals surface area (Å²) in [6.45, 7) is 2.96. The highest BCUT2D eigenvalue weighted by molar-refractivity contribution is 5.72. The first-order valence-corrected chi connectivity index (χ1v) is 6.43. The fourth-order valence-corrected chi connectivity index (χ4v) is 2.27. The van der Waals surface area contributed by atoms with Gasteiger partial charge in [-0.25, -0.2) is 9.97 Å². The number of imidazole rings is 2. The second-order valence-corrected chi connectivity index (χ2v) is 4.76. The van der Waals surface area contributed by atoms with E-state index < -0.39 is 0 Å². The van der Waals surface area contributed by atoms with Gasteiger partial charge in [0.25, 0.3) is 0 Å². The largest absolute Gasteiger partial charge is 0.398 e. The number of nitrogens with zero attached hydrogens (tertiary/aromatic N) is 5. The Kier molecular flexibility index (Phi) is 3.20. The number of pyridine rings is 1. The molecule has 0 amide bonds. The Morgan fingerprint density at radius 1 is 1.15 bits per heavy atom. The van der Waals surface area contributed by atoms with Gasteiger partial charge in [-0.3, -0.25) is 4.98 Å². The standard InChI is InChI=1S/C14H16N6/c1-11(8-19-5-4-17-9-19)20-10-18-7-14(20)12-6-16-3-2-13(12)15/h2-7,9-11H,8H2,1H3,(H2,15,16). The maximum atomic E-state index is 6.02. The molecule has 20 heavy (non-hydrogen) atoms. The fraction of sp³-hybridized carbons (Fsp3) is 0.214. The molecule has 0 fully saturated rings. The molecule has 0 aliphatic rings. The van der Waals surface area contributed by atoms with Crippen LogP contribution < -0.4 is 5.73 Å². The maximum Gasteiger partial charge on any atom is 0.0954 e. The first kappa shape index (κ1) is 12.4. The summed E-state index contributed by atoms with van der Waals surface area (Å²) in [7, 11) is 0. The Morgan fingerprint density at radius 3 is 2.80 bits per heavy atom. The van der Waals surface area contributed by atoms with Crippen molar-refractivity contribution in [3.63, 3.8) is 0 Å². The van der Waals surface area contributed by atoms with Crippen LogP contribution in [-0.2, 0) is 6.54 Å². The van der Waals surface area contributed by atoms with Gasteiger partial charge in [0.1, 0.15) is 0 Å². The highest BCUT2D eigenvalue weighted by Crippen LogP contribution is 2.27. The number of rotatable bonds is 4. The fourth-order valence-electron chi connectivity index (χ4n) is 2.27. The van der Waals surface area contributed by atoms with Crippen LogP contribution in [-0.4, -0.2) is 24.1 Å². The minimum Gasteiger partial charge on any atom is -0.398 e. The summed E-state index contributed by atoms with van der Waals surface area (Å²) in [5.41, 5.74) is 8.61. The molecule has 0 saturated heterocycles. The monoisotopic (exact) mass is 268 g/mol. The van der Waals surface area contributed by atoms with E-state index in [4.69, 9.17) is 5.73 Å². The second kappa shape index (κ2) is 5.16. The van der Waals surface area contributed by atoms with Crippen molar-refractivity contribution < 1.29 is 0 Å². The van der Waals surface area contributed by atoms with Crippen LogP contribution in [0.3, 0.4) is 0 Å². The molecular weight excluding hydrogens is 252 g/mol. The van der Waals surface area contributed by atoms with Crippen LogP contribution in [0.5, 0.6) is 0 Å². The summed E-state index contributed by atoms with van der Waals surface area (Å²) in [5, 5.41) is 0. The molecule has 0 aliphatic carbocycles. The van der Waals surface area contributed by atoms with Gasteiger partial charge in [-0.05, 0) is 13.0 Å². The average Bonchev–Trinajstić information content (AvgIpc) is 3.09. The van der Waals surface area contributed by atoms with Gasteiger partial charge >= 0.3 is 0 Å². The first-order valence-electron chi connectivity index (χ1n) is 6.43. The summed E-state index contributed by atoms with van der Waals surface area (Å²) in [6, 6.07) is 2.04. The third-order valence-electron chi connectivity index (χ3n) is 3.31. The van der Waals surface area contributed by atoms with E-state index in [1.807, 2.05) is 29.6 Å². The van der Waals surface area contributed by atoms with E-state index in [9.17, 15) is 0 Å². The lowest BCUT2D eigenvalue weighted by Gasteiger charge is -2.17. The van der Waals surface area contributed by atoms with E-state index >= 15 is 0 Å². The molecule has 3 heterocycles. The van der Waals surface area contributed by atoms with Crippen molar-refractivity contribution >= 4 is 5.69 Å². The minimum absolute atomic E-state index is 0.237. The van der Waals surface area contributed by atoms with Gasteiger partial charge in [-0.1, -0.05) is 0 Å². The first-order chi connectivity index (χ1) is 9.75. The molecule has 0 aliphatic heterocycles. The summed E-state index contributed by atoms with van der Waals surface area (Å²) in [4.78, 5) is 12.4. The van der Waals surface area contributed by atoms with E-state index in [1.165, 1.54) is 0 Å². The number of anilines is 1. The zero-order chi connectivity index (χ0) is 13.9. The molecule has 1 atom stereocenters. The number of hydrogen-bond acceptors (Lipinski definition) is 4. The normalized spacial score (nSPS) is 12.4. The Balaban J connectivity index is 1.92. The van der Waals surface area contributed by atoms with E-state index in [2.05, 4.69) is 26.4 Å². The number of nitrogen functional groups attached to an aromatic ring is 1. The molecule has 102 valence electrons. The summed E-state index contributed by atoms with van der Waals surface area (Å²) in [5.74, 6) is 0. The van der Waals surface area contributed by atoms with E-state index in [0.29, 0.717) is 5.69 Å². The second-order valence-electron chi connectivity index (χ2n) is 4.76. The average molecular weight is 268 g/mol. The zero-order valence-corrected chi connectivity index (χ0v) is 11.2. The number of aromatic nitrogens is 5. The van der Waals surface area contributed by atoms with E-state index in [1.54, 1.807) is 24.7 Å². The minimum atomic E-state index is 0.237. The molecule has 6 heteroatoms. The van der Waals surface area contributed by atoms with Gasteiger partial charge in [0.15, 0.2) is 0 Å². The van der Waals surface area contributed by atoms with Gasteiger partial charge in [-0.2, -0.15) is 0 Å². The lowest BCUT2D eigenvalue weighted by molar-refractivity contribution is 0.467. The van der Waals surface area contributed by atoms with Crippen LogP contribution >= 0.6 is 0 Å². The Morgan fingerprint density at radius 2 is 2.05 bits per heavy atom. The van der Waals surface area contributed by atoms with E-state index in [-0.39, 0.29) is 6.04 Å². The van der Waals surface area contributed by atoms with Crippen molar-refractivity contribution in [2.75, 3.05) is 5.73 Å². The van der Waals surface area contributed by atoms with Gasteiger partial charge < -0.3 is 14.9 Å². The van der Waals surface area contributed by atoms with Crippen LogP contribution in [0.2, 0.25) is 0 Å². The molecule has 0 radical (unpaired) electrons. The van der Waals surface area contributed by atoms with Gasteiger partial charge in [0, 0.05) is 42.6 Å². The molecule has 3 aromatic heterocycles. The van der Waals surface area contributed by atoms with Crippen LogP contribution in [0.1, 0.15) is 13.0 Å². The molecule has 0 bridgehead atoms. The molecule has 3 rings (SSSR count). The Hall–Kier alpha value is -2.63. The quantitative estimate of drug-likeness (QED) is 0.785. The van der Waals surface area contributed by atoms with Crippen molar-refractivity contribution in [1.29, 1.82) is 0 Å². The number of nitrogens with two attached hydrogens (primary N) is 1. The molecule has 0 spiro atoms. The Labute approximate surface area is 116 Å². The van der Waals surface area contributed by atoms with Crippen molar-refractivity contribution in [3.8, 4) is 11.3 Å². The molecule has 3 aromatic rings. The third kappa shape index (κ3) is 2.27. The third-order valence-corrected chi connectivity index (χ3v) is 3.31. The van der Waals surface area contributed by atoms with E-state index in [0.717, 1.165) is 17.8 Å². The van der Waals surface area contributed by atoms with Gasteiger partial charge in [0.2, 0.25) is 0 Å². The molecular formula is C14H16N6. The van der Waals surface area contributed by atoms with Crippen molar-refractivity contribution in [2.24, 2.45) is 0 Å². The summed E-state index contributed by atoms with van der Waals surface area (Å²) < 4.78 is 4.15. The highest BCUT2D eigenvalue weighted by atomic mass is 15.1. The SMILES string of the molecule is CC(Cn1ccnc1)n1cncc1-c1cnccc1N. The van der Waals surface area contributed by atoms with Crippen LogP contribution in [0.25, 0.3) is 11.3 Å². The maximum absolute atomic E-state index is 6.02. The van der Waals surface area contributed by atoms with Crippen molar-refractivity contribution in [3.05, 3.63) is 49.7 Å². The highest BCUT2D eigenvalue weighted by Gasteiger charge is 2.13.